The van der Waals surface area contributed by atoms with Gasteiger partial charge in [-0.2, -0.15) is 0 Å². The van der Waals surface area contributed by atoms with Crippen molar-refractivity contribution in [2.45, 2.75) is 54.6 Å². The van der Waals surface area contributed by atoms with Gasteiger partial charge in [0.25, 0.3) is 10.0 Å². The van der Waals surface area contributed by atoms with Crippen molar-refractivity contribution in [2.24, 2.45) is 0 Å². The lowest BCUT2D eigenvalue weighted by molar-refractivity contribution is -0.157. The normalized spacial score (nSPS) is 22.9. The molecule has 200 valence electrons. The van der Waals surface area contributed by atoms with Crippen LogP contribution >= 0.6 is 0 Å². The smallest absolute Gasteiger partial charge is 0.412 e. The summed E-state index contributed by atoms with van der Waals surface area (Å²) >= 11 is 0. The highest BCUT2D eigenvalue weighted by molar-refractivity contribution is 7.92. The van der Waals surface area contributed by atoms with E-state index in [9.17, 15) is 18.0 Å². The van der Waals surface area contributed by atoms with Gasteiger partial charge in [0.05, 0.1) is 31.4 Å². The van der Waals surface area contributed by atoms with Gasteiger partial charge in [0.15, 0.2) is 5.54 Å². The van der Waals surface area contributed by atoms with Crippen molar-refractivity contribution in [3.63, 3.8) is 0 Å². The molecule has 11 heteroatoms. The van der Waals surface area contributed by atoms with Gasteiger partial charge < -0.3 is 14.2 Å². The molecule has 1 saturated heterocycles. The molecular weight excluding hydrogens is 512 g/mol. The number of nitrogens with zero attached hydrogens (tertiary/aromatic N) is 2. The average Bonchev–Trinajstić information content (AvgIpc) is 3.37. The predicted octanol–water partition coefficient (Wildman–Crippen LogP) is 4.04. The Hall–Kier alpha value is -2.89. The highest BCUT2D eigenvalue weighted by atomic mass is 32.2. The maximum Gasteiger partial charge on any atom is 0.412 e. The molecule has 9 nitrogen and oxygen atoms in total. The summed E-state index contributed by atoms with van der Waals surface area (Å²) in [6.07, 6.45) is -1.73. The summed E-state index contributed by atoms with van der Waals surface area (Å²) in [6, 6.07) is 16.0. The lowest BCUT2D eigenvalue weighted by Crippen LogP contribution is -2.62. The fourth-order valence-electron chi connectivity index (χ4n) is 5.22. The van der Waals surface area contributed by atoms with Gasteiger partial charge in [0, 0.05) is 20.6 Å². The largest absolute Gasteiger partial charge is 0.467 e. The number of anilines is 1. The van der Waals surface area contributed by atoms with E-state index in [4.69, 9.17) is 14.2 Å². The lowest BCUT2D eigenvalue weighted by atomic mass is 9.89. The number of benzene rings is 2. The van der Waals surface area contributed by atoms with Gasteiger partial charge in [-0.15, -0.1) is 0 Å². The average molecular weight is 547 g/mol. The molecule has 0 aliphatic carbocycles. The Balaban J connectivity index is 1.84. The number of carbonyl (C=O) groups is 2. The van der Waals surface area contributed by atoms with E-state index >= 15 is 0 Å². The van der Waals surface area contributed by atoms with E-state index in [-0.39, 0.29) is 17.9 Å². The van der Waals surface area contributed by atoms with Crippen LogP contribution in [0.5, 0.6) is 0 Å². The van der Waals surface area contributed by atoms with Gasteiger partial charge in [-0.05, 0) is 36.2 Å². The van der Waals surface area contributed by atoms with Crippen LogP contribution in [0.3, 0.4) is 0 Å². The van der Waals surface area contributed by atoms with Crippen LogP contribution in [-0.4, -0.2) is 72.6 Å². The number of carbonyl (C=O) groups excluding carboxylic acids is 2. The Morgan fingerprint density at radius 3 is 2.27 bits per heavy atom. The van der Waals surface area contributed by atoms with E-state index in [2.05, 4.69) is 19.6 Å². The molecule has 1 fully saturated rings. The first kappa shape index (κ1) is 27.1. The van der Waals surface area contributed by atoms with Crippen molar-refractivity contribution in [3.05, 3.63) is 60.2 Å². The summed E-state index contributed by atoms with van der Waals surface area (Å²) in [5.74, 6) is -1.16. The zero-order chi connectivity index (χ0) is 27.0. The topological polar surface area (TPSA) is 102 Å². The first-order valence-corrected chi connectivity index (χ1v) is 17.3. The Morgan fingerprint density at radius 2 is 1.65 bits per heavy atom. The minimum absolute atomic E-state index is 0.0808. The molecule has 0 N–H and O–H groups in total. The van der Waals surface area contributed by atoms with E-state index in [0.29, 0.717) is 12.3 Å². The molecule has 2 aromatic rings. The van der Waals surface area contributed by atoms with Gasteiger partial charge in [0.1, 0.15) is 6.17 Å². The molecule has 2 aliphatic rings. The molecule has 0 radical (unpaired) electrons. The SMILES string of the molecule is COC(=O)N1[C@@H]2[C@H](C[C@@]1(COCC[Si](C)(C)C)C(=O)OC)c1ccccc1N2S(=O)(=O)c1ccccc1. The van der Waals surface area contributed by atoms with Crippen molar-refractivity contribution in [3.8, 4) is 0 Å². The molecular formula is C26H34N2O7SSi. The highest BCUT2D eigenvalue weighted by Crippen LogP contribution is 2.55. The van der Waals surface area contributed by atoms with Crippen molar-refractivity contribution in [1.29, 1.82) is 0 Å². The number of sulfonamides is 1. The number of esters is 1. The van der Waals surface area contributed by atoms with Crippen molar-refractivity contribution < 1.29 is 32.2 Å². The summed E-state index contributed by atoms with van der Waals surface area (Å²) in [5.41, 5.74) is -0.364. The van der Waals surface area contributed by atoms with Crippen LogP contribution in [-0.2, 0) is 29.0 Å². The number of hydrogen-bond acceptors (Lipinski definition) is 7. The molecule has 1 amide bonds. The van der Waals surface area contributed by atoms with Crippen molar-refractivity contribution in [2.75, 3.05) is 31.7 Å². The molecule has 0 spiro atoms. The molecule has 3 atom stereocenters. The number of ether oxygens (including phenoxy) is 3. The summed E-state index contributed by atoms with van der Waals surface area (Å²) in [7, 11) is -3.07. The Bertz CT molecular complexity index is 1270. The fraction of sp³-hybridized carbons (Fsp3) is 0.462. The number of amides is 1. The molecule has 2 aliphatic heterocycles. The molecule has 4 rings (SSSR count). The van der Waals surface area contributed by atoms with Crippen LogP contribution in [0.2, 0.25) is 25.7 Å². The molecule has 0 unspecified atom stereocenters. The number of rotatable bonds is 8. The van der Waals surface area contributed by atoms with Crippen LogP contribution in [0.15, 0.2) is 59.5 Å². The first-order chi connectivity index (χ1) is 17.5. The van der Waals surface area contributed by atoms with Crippen LogP contribution in [0, 0.1) is 0 Å². The second-order valence-electron chi connectivity index (χ2n) is 10.6. The lowest BCUT2D eigenvalue weighted by Gasteiger charge is -2.40. The number of para-hydroxylation sites is 1. The molecule has 2 heterocycles. The summed E-state index contributed by atoms with van der Waals surface area (Å²) in [4.78, 5) is 28.1. The minimum Gasteiger partial charge on any atom is -0.467 e. The minimum atomic E-state index is -4.11. The first-order valence-electron chi connectivity index (χ1n) is 12.2. The zero-order valence-electron chi connectivity index (χ0n) is 21.8. The van der Waals surface area contributed by atoms with E-state index < -0.39 is 47.8 Å². The highest BCUT2D eigenvalue weighted by Gasteiger charge is 2.66. The summed E-state index contributed by atoms with van der Waals surface area (Å²) in [5, 5.41) is 0. The van der Waals surface area contributed by atoms with Crippen molar-refractivity contribution >= 4 is 35.8 Å². The molecule has 2 aromatic carbocycles. The molecule has 37 heavy (non-hydrogen) atoms. The standard InChI is InChI=1S/C26H34N2O7SSi/c1-33-24(29)26(18-35-15-16-37(3,4)5)17-21-20-13-9-10-14-22(20)28(23(21)27(26)25(30)34-2)36(31,32)19-11-7-6-8-12-19/h6-14,21,23H,15-18H2,1-5H3/t21-,23+,26-/m1/s1. The Morgan fingerprint density at radius 1 is 1.00 bits per heavy atom. The molecule has 0 saturated carbocycles. The van der Waals surface area contributed by atoms with Gasteiger partial charge >= 0.3 is 12.1 Å². The second kappa shape index (κ2) is 10.1. The van der Waals surface area contributed by atoms with Crippen LogP contribution in [0.1, 0.15) is 17.9 Å². The van der Waals surface area contributed by atoms with Crippen LogP contribution in [0.4, 0.5) is 10.5 Å². The van der Waals surface area contributed by atoms with Gasteiger partial charge in [-0.25, -0.2) is 22.3 Å². The fourth-order valence-corrected chi connectivity index (χ4v) is 7.66. The third-order valence-corrected chi connectivity index (χ3v) is 10.5. The van der Waals surface area contributed by atoms with E-state index in [1.54, 1.807) is 30.3 Å². The van der Waals surface area contributed by atoms with Crippen molar-refractivity contribution in [1.82, 2.24) is 4.90 Å². The number of methoxy groups -OCH3 is 2. The number of fused-ring (bicyclic) bond motifs is 3. The van der Waals surface area contributed by atoms with E-state index in [1.807, 2.05) is 12.1 Å². The third kappa shape index (κ3) is 4.75. The quantitative estimate of drug-likeness (QED) is 0.280. The third-order valence-electron chi connectivity index (χ3n) is 7.03. The van der Waals surface area contributed by atoms with Crippen LogP contribution < -0.4 is 4.31 Å². The number of hydrogen-bond donors (Lipinski definition) is 0. The summed E-state index contributed by atoms with van der Waals surface area (Å²) in [6.45, 7) is 6.94. The van der Waals surface area contributed by atoms with Gasteiger partial charge in [0.2, 0.25) is 0 Å². The van der Waals surface area contributed by atoms with E-state index in [0.717, 1.165) is 11.6 Å². The van der Waals surface area contributed by atoms with E-state index in [1.165, 1.54) is 35.6 Å². The Labute approximate surface area is 219 Å². The second-order valence-corrected chi connectivity index (χ2v) is 18.1. The predicted molar refractivity (Wildman–Crippen MR) is 142 cm³/mol. The molecule has 0 bridgehead atoms. The number of likely N-dealkylation sites (tertiary alicyclic amines) is 1. The van der Waals surface area contributed by atoms with Gasteiger partial charge in [-0.1, -0.05) is 56.0 Å². The zero-order valence-corrected chi connectivity index (χ0v) is 23.7. The maximum atomic E-state index is 14.0. The van der Waals surface area contributed by atoms with Crippen LogP contribution in [0.25, 0.3) is 0 Å². The Kier molecular flexibility index (Phi) is 7.42. The van der Waals surface area contributed by atoms with Gasteiger partial charge in [-0.3, -0.25) is 4.90 Å². The molecule has 0 aromatic heterocycles. The maximum absolute atomic E-state index is 14.0. The monoisotopic (exact) mass is 546 g/mol. The summed E-state index contributed by atoms with van der Waals surface area (Å²) < 4.78 is 45.6.